The molecule has 0 spiro atoms. The number of carboxylic acids is 1. The number of amides is 1. The highest BCUT2D eigenvalue weighted by Crippen LogP contribution is 2.25. The van der Waals surface area contributed by atoms with Gasteiger partial charge in [-0.3, -0.25) is 4.79 Å². The molecule has 0 heterocycles. The van der Waals surface area contributed by atoms with Crippen LogP contribution in [0.5, 0.6) is 11.5 Å². The molecule has 0 unspecified atom stereocenters. The average Bonchev–Trinajstić information content (AvgIpc) is 2.81. The van der Waals surface area contributed by atoms with Gasteiger partial charge in [-0.15, -0.1) is 0 Å². The number of benzene rings is 3. The van der Waals surface area contributed by atoms with Gasteiger partial charge in [-0.2, -0.15) is 0 Å². The molecule has 0 atom stereocenters. The minimum atomic E-state index is -1.13. The Labute approximate surface area is 181 Å². The maximum Gasteiger partial charge on any atom is 0.339 e. The molecule has 3 rings (SSSR count). The molecule has 0 saturated heterocycles. The van der Waals surface area contributed by atoms with Crippen LogP contribution in [0.2, 0.25) is 0 Å². The van der Waals surface area contributed by atoms with Crippen LogP contribution in [-0.4, -0.2) is 42.1 Å². The number of carbonyl (C=O) groups is 2. The number of methoxy groups -OCH3 is 1. The summed E-state index contributed by atoms with van der Waals surface area (Å²) in [7, 11) is 1.48. The van der Waals surface area contributed by atoms with Gasteiger partial charge in [-0.1, -0.05) is 60.7 Å². The Hall–Kier alpha value is -3.80. The van der Waals surface area contributed by atoms with Crippen molar-refractivity contribution in [2.45, 2.75) is 13.0 Å². The van der Waals surface area contributed by atoms with Gasteiger partial charge < -0.3 is 19.5 Å². The van der Waals surface area contributed by atoms with E-state index in [1.54, 1.807) is 11.0 Å². The third kappa shape index (κ3) is 6.34. The Kier molecular flexibility index (Phi) is 7.65. The van der Waals surface area contributed by atoms with Crippen molar-refractivity contribution in [3.63, 3.8) is 0 Å². The van der Waals surface area contributed by atoms with E-state index in [0.29, 0.717) is 25.3 Å². The van der Waals surface area contributed by atoms with Gasteiger partial charge in [0.2, 0.25) is 0 Å². The number of ether oxygens (including phenoxy) is 2. The SMILES string of the molecule is COc1ccc(C(=O)O)c(OCC(=O)N(CCc2ccccc2)Cc2ccccc2)c1. The summed E-state index contributed by atoms with van der Waals surface area (Å²) in [6.07, 6.45) is 0.707. The maximum atomic E-state index is 13.0. The molecule has 1 amide bonds. The highest BCUT2D eigenvalue weighted by Gasteiger charge is 2.18. The van der Waals surface area contributed by atoms with Crippen LogP contribution in [-0.2, 0) is 17.8 Å². The van der Waals surface area contributed by atoms with E-state index in [-0.39, 0.29) is 23.8 Å². The number of aromatic carboxylic acids is 1. The predicted molar refractivity (Wildman–Crippen MR) is 117 cm³/mol. The van der Waals surface area contributed by atoms with Gasteiger partial charge in [0.15, 0.2) is 6.61 Å². The largest absolute Gasteiger partial charge is 0.497 e. The second-order valence-corrected chi connectivity index (χ2v) is 6.99. The van der Waals surface area contributed by atoms with Gasteiger partial charge in [0.05, 0.1) is 7.11 Å². The smallest absolute Gasteiger partial charge is 0.339 e. The van der Waals surface area contributed by atoms with Gasteiger partial charge >= 0.3 is 5.97 Å². The zero-order chi connectivity index (χ0) is 22.1. The van der Waals surface area contributed by atoms with Gasteiger partial charge in [0, 0.05) is 19.2 Å². The Morgan fingerprint density at radius 3 is 2.16 bits per heavy atom. The molecule has 0 aliphatic carbocycles. The van der Waals surface area contributed by atoms with Crippen molar-refractivity contribution in [2.24, 2.45) is 0 Å². The van der Waals surface area contributed by atoms with E-state index in [1.807, 2.05) is 60.7 Å². The molecule has 0 aliphatic heterocycles. The number of carbonyl (C=O) groups excluding carboxylic acids is 1. The topological polar surface area (TPSA) is 76.1 Å². The lowest BCUT2D eigenvalue weighted by atomic mass is 10.1. The van der Waals surface area contributed by atoms with Crippen LogP contribution in [0.3, 0.4) is 0 Å². The zero-order valence-electron chi connectivity index (χ0n) is 17.4. The molecule has 3 aromatic rings. The lowest BCUT2D eigenvalue weighted by Crippen LogP contribution is -2.36. The van der Waals surface area contributed by atoms with E-state index in [4.69, 9.17) is 9.47 Å². The van der Waals surface area contributed by atoms with Crippen molar-refractivity contribution in [3.8, 4) is 11.5 Å². The van der Waals surface area contributed by atoms with Crippen LogP contribution in [0.15, 0.2) is 78.9 Å². The highest BCUT2D eigenvalue weighted by atomic mass is 16.5. The molecule has 160 valence electrons. The molecule has 31 heavy (non-hydrogen) atoms. The van der Waals surface area contributed by atoms with Gasteiger partial charge in [0.1, 0.15) is 17.1 Å². The van der Waals surface area contributed by atoms with E-state index >= 15 is 0 Å². The Balaban J connectivity index is 1.72. The molecule has 1 N–H and O–H groups in total. The summed E-state index contributed by atoms with van der Waals surface area (Å²) in [4.78, 5) is 26.2. The second-order valence-electron chi connectivity index (χ2n) is 6.99. The summed E-state index contributed by atoms with van der Waals surface area (Å²) in [5.41, 5.74) is 2.12. The molecule has 6 heteroatoms. The molecular formula is C25H25NO5. The van der Waals surface area contributed by atoms with Crippen molar-refractivity contribution in [1.29, 1.82) is 0 Å². The first kappa shape index (κ1) is 21.9. The number of hydrogen-bond acceptors (Lipinski definition) is 4. The monoisotopic (exact) mass is 419 g/mol. The summed E-state index contributed by atoms with van der Waals surface area (Å²) in [6.45, 7) is 0.694. The van der Waals surface area contributed by atoms with E-state index in [9.17, 15) is 14.7 Å². The summed E-state index contributed by atoms with van der Waals surface area (Å²) in [6, 6.07) is 24.1. The summed E-state index contributed by atoms with van der Waals surface area (Å²) < 4.78 is 10.8. The van der Waals surface area contributed by atoms with E-state index in [2.05, 4.69) is 0 Å². The molecule has 0 radical (unpaired) electrons. The summed E-state index contributed by atoms with van der Waals surface area (Å²) in [5, 5.41) is 9.39. The number of nitrogens with zero attached hydrogens (tertiary/aromatic N) is 1. The molecule has 3 aromatic carbocycles. The summed E-state index contributed by atoms with van der Waals surface area (Å²) in [5.74, 6) is -0.796. The third-order valence-electron chi connectivity index (χ3n) is 4.85. The number of hydrogen-bond donors (Lipinski definition) is 1. The van der Waals surface area contributed by atoms with Crippen LogP contribution < -0.4 is 9.47 Å². The van der Waals surface area contributed by atoms with Gasteiger partial charge in [0.25, 0.3) is 5.91 Å². The fraction of sp³-hybridized carbons (Fsp3) is 0.200. The molecule has 6 nitrogen and oxygen atoms in total. The van der Waals surface area contributed by atoms with Crippen molar-refractivity contribution < 1.29 is 24.2 Å². The molecule has 0 saturated carbocycles. The predicted octanol–water partition coefficient (Wildman–Crippen LogP) is 4.04. The van der Waals surface area contributed by atoms with Crippen LogP contribution in [0.4, 0.5) is 0 Å². The fourth-order valence-electron chi connectivity index (χ4n) is 3.16. The standard InChI is InChI=1S/C25H25NO5/c1-30-21-12-13-22(25(28)29)23(16-21)31-18-24(27)26(17-20-10-6-3-7-11-20)15-14-19-8-4-2-5-9-19/h2-13,16H,14-15,17-18H2,1H3,(H,28,29). The third-order valence-corrected chi connectivity index (χ3v) is 4.85. The van der Waals surface area contributed by atoms with Crippen molar-refractivity contribution in [3.05, 3.63) is 95.6 Å². The van der Waals surface area contributed by atoms with Crippen molar-refractivity contribution in [1.82, 2.24) is 4.90 Å². The second kappa shape index (κ2) is 10.8. The van der Waals surface area contributed by atoms with Crippen LogP contribution >= 0.6 is 0 Å². The molecule has 0 bridgehead atoms. The molecule has 0 fully saturated rings. The minimum Gasteiger partial charge on any atom is -0.497 e. The van der Waals surface area contributed by atoms with E-state index in [0.717, 1.165) is 11.1 Å². The Bertz CT molecular complexity index is 1000. The maximum absolute atomic E-state index is 13.0. The van der Waals surface area contributed by atoms with Gasteiger partial charge in [-0.05, 0) is 29.7 Å². The average molecular weight is 419 g/mol. The van der Waals surface area contributed by atoms with Crippen LogP contribution in [0, 0.1) is 0 Å². The Morgan fingerprint density at radius 2 is 1.55 bits per heavy atom. The first-order chi connectivity index (χ1) is 15.1. The van der Waals surface area contributed by atoms with Crippen LogP contribution in [0.1, 0.15) is 21.5 Å². The quantitative estimate of drug-likeness (QED) is 0.537. The van der Waals surface area contributed by atoms with E-state index < -0.39 is 5.97 Å². The Morgan fingerprint density at radius 1 is 0.903 bits per heavy atom. The zero-order valence-corrected chi connectivity index (χ0v) is 17.4. The van der Waals surface area contributed by atoms with Crippen molar-refractivity contribution in [2.75, 3.05) is 20.3 Å². The molecule has 0 aliphatic rings. The highest BCUT2D eigenvalue weighted by molar-refractivity contribution is 5.91. The fourth-order valence-corrected chi connectivity index (χ4v) is 3.16. The normalized spacial score (nSPS) is 10.4. The number of rotatable bonds is 10. The van der Waals surface area contributed by atoms with E-state index in [1.165, 1.54) is 19.2 Å². The molecule has 0 aromatic heterocycles. The van der Waals surface area contributed by atoms with Crippen molar-refractivity contribution >= 4 is 11.9 Å². The summed E-state index contributed by atoms with van der Waals surface area (Å²) >= 11 is 0. The minimum absolute atomic E-state index is 0.0208. The number of carboxylic acid groups (broad SMARTS) is 1. The van der Waals surface area contributed by atoms with Crippen LogP contribution in [0.25, 0.3) is 0 Å². The first-order valence-corrected chi connectivity index (χ1v) is 9.96. The lowest BCUT2D eigenvalue weighted by Gasteiger charge is -2.23. The lowest BCUT2D eigenvalue weighted by molar-refractivity contribution is -0.134. The molecular weight excluding hydrogens is 394 g/mol. The first-order valence-electron chi connectivity index (χ1n) is 9.96. The van der Waals surface area contributed by atoms with Gasteiger partial charge in [-0.25, -0.2) is 4.79 Å².